The molecule has 0 fully saturated rings. The first-order valence-electron chi connectivity index (χ1n) is 9.04. The topological polar surface area (TPSA) is 73.9 Å². The molecule has 0 aromatic heterocycles. The Bertz CT molecular complexity index is 806. The van der Waals surface area contributed by atoms with Crippen LogP contribution in [0.4, 0.5) is 10.5 Å². The van der Waals surface area contributed by atoms with Gasteiger partial charge >= 0.3 is 6.03 Å². The zero-order valence-electron chi connectivity index (χ0n) is 16.9. The number of carbonyl (C=O) groups is 2. The highest BCUT2D eigenvalue weighted by Gasteiger charge is 2.07. The van der Waals surface area contributed by atoms with Crippen LogP contribution in [0.15, 0.2) is 48.5 Å². The highest BCUT2D eigenvalue weighted by Crippen LogP contribution is 2.17. The van der Waals surface area contributed by atoms with Gasteiger partial charge in [-0.25, -0.2) is 4.79 Å². The average Bonchev–Trinajstić information content (AvgIpc) is 2.64. The molecule has 2 N–H and O–H groups in total. The van der Waals surface area contributed by atoms with Gasteiger partial charge in [0.25, 0.3) is 5.91 Å². The SMILES string of the molecule is CN(C)Cc1cccc(CNC(=O)Nc2cccc(OCC(=O)N(C)C)c2)c1. The Hall–Kier alpha value is -3.06. The second kappa shape index (κ2) is 10.3. The molecule has 150 valence electrons. The van der Waals surface area contributed by atoms with Gasteiger partial charge in [0.15, 0.2) is 6.61 Å². The van der Waals surface area contributed by atoms with Gasteiger partial charge in [-0.05, 0) is 37.4 Å². The lowest BCUT2D eigenvalue weighted by Crippen LogP contribution is -2.28. The zero-order valence-corrected chi connectivity index (χ0v) is 16.9. The first kappa shape index (κ1) is 21.2. The molecule has 0 radical (unpaired) electrons. The Morgan fingerprint density at radius 1 is 0.964 bits per heavy atom. The van der Waals surface area contributed by atoms with Gasteiger partial charge in [0.1, 0.15) is 5.75 Å². The van der Waals surface area contributed by atoms with E-state index in [9.17, 15) is 9.59 Å². The molecule has 0 bridgehead atoms. The van der Waals surface area contributed by atoms with Crippen molar-refractivity contribution in [3.63, 3.8) is 0 Å². The number of hydrogen-bond donors (Lipinski definition) is 2. The molecule has 7 heteroatoms. The summed E-state index contributed by atoms with van der Waals surface area (Å²) in [4.78, 5) is 27.3. The lowest BCUT2D eigenvalue weighted by Gasteiger charge is -2.13. The van der Waals surface area contributed by atoms with Crippen LogP contribution in [0.3, 0.4) is 0 Å². The van der Waals surface area contributed by atoms with Crippen LogP contribution in [0.25, 0.3) is 0 Å². The number of benzene rings is 2. The molecule has 28 heavy (non-hydrogen) atoms. The summed E-state index contributed by atoms with van der Waals surface area (Å²) in [5, 5.41) is 5.62. The van der Waals surface area contributed by atoms with E-state index in [1.807, 2.05) is 26.2 Å². The summed E-state index contributed by atoms with van der Waals surface area (Å²) in [5.74, 6) is 0.386. The van der Waals surface area contributed by atoms with Gasteiger partial charge in [-0.1, -0.05) is 30.3 Å². The van der Waals surface area contributed by atoms with Crippen molar-refractivity contribution >= 4 is 17.6 Å². The van der Waals surface area contributed by atoms with Crippen molar-refractivity contribution in [3.8, 4) is 5.75 Å². The Morgan fingerprint density at radius 3 is 2.39 bits per heavy atom. The molecule has 7 nitrogen and oxygen atoms in total. The molecule has 2 aromatic rings. The molecule has 0 unspecified atom stereocenters. The number of hydrogen-bond acceptors (Lipinski definition) is 4. The molecule has 0 spiro atoms. The summed E-state index contributed by atoms with van der Waals surface area (Å²) in [7, 11) is 7.38. The summed E-state index contributed by atoms with van der Waals surface area (Å²) in [6.07, 6.45) is 0. The lowest BCUT2D eigenvalue weighted by atomic mass is 10.1. The Balaban J connectivity index is 1.86. The fraction of sp³-hybridized carbons (Fsp3) is 0.333. The second-order valence-electron chi connectivity index (χ2n) is 6.97. The van der Waals surface area contributed by atoms with Gasteiger partial charge in [0.2, 0.25) is 0 Å². The van der Waals surface area contributed by atoms with Crippen molar-refractivity contribution in [1.82, 2.24) is 15.1 Å². The van der Waals surface area contributed by atoms with Crippen LogP contribution in [-0.2, 0) is 17.9 Å². The third-order valence-corrected chi connectivity index (χ3v) is 3.90. The number of carbonyl (C=O) groups excluding carboxylic acids is 2. The van der Waals surface area contributed by atoms with Gasteiger partial charge < -0.3 is 25.2 Å². The zero-order chi connectivity index (χ0) is 20.5. The summed E-state index contributed by atoms with van der Waals surface area (Å²) in [6.45, 7) is 1.23. The summed E-state index contributed by atoms with van der Waals surface area (Å²) in [6, 6.07) is 14.8. The number of ether oxygens (including phenoxy) is 1. The molecule has 0 aliphatic heterocycles. The molecular formula is C21H28N4O3. The molecule has 0 saturated heterocycles. The molecular weight excluding hydrogens is 356 g/mol. The van der Waals surface area contributed by atoms with Crippen molar-refractivity contribution < 1.29 is 14.3 Å². The summed E-state index contributed by atoms with van der Waals surface area (Å²) in [5.41, 5.74) is 2.82. The Morgan fingerprint density at radius 2 is 1.68 bits per heavy atom. The maximum atomic E-state index is 12.2. The molecule has 2 rings (SSSR count). The number of rotatable bonds is 8. The van der Waals surface area contributed by atoms with E-state index < -0.39 is 0 Å². The molecule has 0 aliphatic carbocycles. The smallest absolute Gasteiger partial charge is 0.319 e. The number of nitrogens with one attached hydrogen (secondary N) is 2. The van der Waals surface area contributed by atoms with E-state index in [1.165, 1.54) is 10.5 Å². The van der Waals surface area contributed by atoms with E-state index >= 15 is 0 Å². The first-order valence-corrected chi connectivity index (χ1v) is 9.04. The fourth-order valence-electron chi connectivity index (χ4n) is 2.50. The van der Waals surface area contributed by atoms with Crippen LogP contribution in [0.1, 0.15) is 11.1 Å². The van der Waals surface area contributed by atoms with Gasteiger partial charge in [0.05, 0.1) is 0 Å². The quantitative estimate of drug-likeness (QED) is 0.734. The fourth-order valence-corrected chi connectivity index (χ4v) is 2.50. The van der Waals surface area contributed by atoms with Crippen molar-refractivity contribution in [2.75, 3.05) is 40.1 Å². The average molecular weight is 384 g/mol. The third kappa shape index (κ3) is 7.28. The largest absolute Gasteiger partial charge is 0.484 e. The molecule has 0 saturated carbocycles. The summed E-state index contributed by atoms with van der Waals surface area (Å²) < 4.78 is 5.46. The molecule has 3 amide bonds. The maximum absolute atomic E-state index is 12.2. The number of nitrogens with zero attached hydrogens (tertiary/aromatic N) is 2. The summed E-state index contributed by atoms with van der Waals surface area (Å²) >= 11 is 0. The van der Waals surface area contributed by atoms with E-state index in [4.69, 9.17) is 4.74 Å². The van der Waals surface area contributed by atoms with E-state index in [0.29, 0.717) is 18.0 Å². The van der Waals surface area contributed by atoms with Gasteiger partial charge in [-0.15, -0.1) is 0 Å². The Kier molecular flexibility index (Phi) is 7.83. The number of likely N-dealkylation sites (N-methyl/N-ethyl adjacent to an activating group) is 1. The second-order valence-corrected chi connectivity index (χ2v) is 6.97. The molecule has 2 aromatic carbocycles. The molecule has 0 heterocycles. The first-order chi connectivity index (χ1) is 13.3. The number of urea groups is 1. The Labute approximate surface area is 166 Å². The predicted molar refractivity (Wildman–Crippen MR) is 110 cm³/mol. The minimum atomic E-state index is -0.306. The van der Waals surface area contributed by atoms with Crippen molar-refractivity contribution in [2.24, 2.45) is 0 Å². The van der Waals surface area contributed by atoms with Gasteiger partial charge in [-0.2, -0.15) is 0 Å². The van der Waals surface area contributed by atoms with E-state index in [1.54, 1.807) is 38.4 Å². The van der Waals surface area contributed by atoms with E-state index in [-0.39, 0.29) is 18.5 Å². The lowest BCUT2D eigenvalue weighted by molar-refractivity contribution is -0.130. The highest BCUT2D eigenvalue weighted by atomic mass is 16.5. The van der Waals surface area contributed by atoms with Crippen LogP contribution in [0.5, 0.6) is 5.75 Å². The minimum absolute atomic E-state index is 0.0497. The van der Waals surface area contributed by atoms with Crippen LogP contribution in [-0.4, -0.2) is 56.5 Å². The van der Waals surface area contributed by atoms with Crippen molar-refractivity contribution in [2.45, 2.75) is 13.1 Å². The molecule has 0 aliphatic rings. The maximum Gasteiger partial charge on any atom is 0.319 e. The van der Waals surface area contributed by atoms with Crippen LogP contribution >= 0.6 is 0 Å². The molecule has 0 atom stereocenters. The number of anilines is 1. The highest BCUT2D eigenvalue weighted by molar-refractivity contribution is 5.89. The van der Waals surface area contributed by atoms with E-state index in [2.05, 4.69) is 27.7 Å². The van der Waals surface area contributed by atoms with Crippen LogP contribution in [0, 0.1) is 0 Å². The van der Waals surface area contributed by atoms with Crippen molar-refractivity contribution in [1.29, 1.82) is 0 Å². The normalized spacial score (nSPS) is 10.5. The minimum Gasteiger partial charge on any atom is -0.484 e. The third-order valence-electron chi connectivity index (χ3n) is 3.90. The van der Waals surface area contributed by atoms with Gasteiger partial charge in [0, 0.05) is 38.9 Å². The van der Waals surface area contributed by atoms with E-state index in [0.717, 1.165) is 12.1 Å². The van der Waals surface area contributed by atoms with Crippen LogP contribution in [0.2, 0.25) is 0 Å². The van der Waals surface area contributed by atoms with Gasteiger partial charge in [-0.3, -0.25) is 4.79 Å². The van der Waals surface area contributed by atoms with Crippen molar-refractivity contribution in [3.05, 3.63) is 59.7 Å². The monoisotopic (exact) mass is 384 g/mol. The number of amides is 3. The van der Waals surface area contributed by atoms with Crippen LogP contribution < -0.4 is 15.4 Å². The predicted octanol–water partition coefficient (Wildman–Crippen LogP) is 2.54. The standard InChI is InChI=1S/C21H28N4O3/c1-24(2)14-17-8-5-7-16(11-17)13-22-21(27)23-18-9-6-10-19(12-18)28-15-20(26)25(3)4/h5-12H,13-15H2,1-4H3,(H2,22,23,27).